The minimum atomic E-state index is -2.82. The molecule has 13 nitrogen and oxygen atoms in total. The summed E-state index contributed by atoms with van der Waals surface area (Å²) in [4.78, 5) is 60.3. The van der Waals surface area contributed by atoms with Crippen LogP contribution in [-0.2, 0) is 25.4 Å². The van der Waals surface area contributed by atoms with Gasteiger partial charge in [-0.1, -0.05) is 102 Å². The number of nitrogens with one attached hydrogen (secondary N) is 1. The number of carbonyl (C=O) groups excluding carboxylic acids is 3. The molecular formula is C45H53N5O8S2Si. The van der Waals surface area contributed by atoms with Crippen LogP contribution in [-0.4, -0.2) is 89.1 Å². The highest BCUT2D eigenvalue weighted by Crippen LogP contribution is 2.52. The molecular weight excluding hydrogens is 831 g/mol. The molecule has 3 aliphatic heterocycles. The number of hydrogen-bond donors (Lipinski definition) is 2. The first-order valence-corrected chi connectivity index (χ1v) is 24.3. The smallest absolute Gasteiger partial charge is 0.356 e. The standard InChI is InChI=1S/C45H53N5O8S2Si/c1-27(2)35(25-58-61(45(5,6)7,33-14-10-8-11-15-33)34-16-12-9-13-17-34)46-41(52)36-26-59-44(47-36)48-22-32(23-48)60-40-28(3)38-37(29(4)51)42(53)49(38)39(40)43(54)57-24-30-18-20-31(21-19-30)50(55)56/h8-21,26-29,32,35,37-38,51H,22-25H2,1-7H3,(H,46,52)/t28-,29-,35-,37-,38-/m1/s1. The van der Waals surface area contributed by atoms with Crippen molar-refractivity contribution in [1.82, 2.24) is 15.2 Å². The van der Waals surface area contributed by atoms with E-state index in [0.717, 1.165) is 10.0 Å². The van der Waals surface area contributed by atoms with Crippen LogP contribution in [0.15, 0.2) is 101 Å². The van der Waals surface area contributed by atoms with Crippen molar-refractivity contribution in [2.45, 2.75) is 83.5 Å². The average Bonchev–Trinajstić information content (AvgIpc) is 3.79. The number of anilines is 1. The minimum Gasteiger partial charge on any atom is -0.456 e. The van der Waals surface area contributed by atoms with Crippen molar-refractivity contribution in [1.29, 1.82) is 0 Å². The maximum Gasteiger partial charge on any atom is 0.356 e. The Balaban J connectivity index is 1.01. The number of nitro groups is 1. The molecule has 4 heterocycles. The van der Waals surface area contributed by atoms with Crippen LogP contribution < -0.4 is 20.6 Å². The zero-order valence-electron chi connectivity index (χ0n) is 35.4. The van der Waals surface area contributed by atoms with Gasteiger partial charge in [0.05, 0.1) is 35.6 Å². The molecule has 2 N–H and O–H groups in total. The lowest BCUT2D eigenvalue weighted by Crippen LogP contribution is -2.67. The summed E-state index contributed by atoms with van der Waals surface area (Å²) in [5, 5.41) is 29.5. The molecule has 0 spiro atoms. The number of esters is 1. The third-order valence-corrected chi connectivity index (χ3v) is 19.3. The van der Waals surface area contributed by atoms with Gasteiger partial charge in [0.1, 0.15) is 18.0 Å². The van der Waals surface area contributed by atoms with Gasteiger partial charge in [0, 0.05) is 46.7 Å². The number of rotatable bonds is 16. The van der Waals surface area contributed by atoms with Gasteiger partial charge < -0.3 is 29.4 Å². The Morgan fingerprint density at radius 2 is 1.62 bits per heavy atom. The second-order valence-corrected chi connectivity index (χ2v) is 23.9. The summed E-state index contributed by atoms with van der Waals surface area (Å²) in [6.45, 7) is 15.9. The van der Waals surface area contributed by atoms with Crippen LogP contribution in [0.25, 0.3) is 0 Å². The lowest BCUT2D eigenvalue weighted by Gasteiger charge is -2.46. The van der Waals surface area contributed by atoms with Crippen molar-refractivity contribution >= 4 is 70.4 Å². The van der Waals surface area contributed by atoms with E-state index < -0.39 is 31.2 Å². The molecule has 5 atom stereocenters. The van der Waals surface area contributed by atoms with Crippen molar-refractivity contribution in [2.75, 3.05) is 24.6 Å². The number of aliphatic hydroxyl groups is 1. The van der Waals surface area contributed by atoms with Crippen LogP contribution in [0.1, 0.15) is 64.5 Å². The van der Waals surface area contributed by atoms with E-state index in [-0.39, 0.29) is 64.0 Å². The molecule has 0 unspecified atom stereocenters. The lowest BCUT2D eigenvalue weighted by molar-refractivity contribution is -0.384. The predicted molar refractivity (Wildman–Crippen MR) is 240 cm³/mol. The van der Waals surface area contributed by atoms with E-state index in [9.17, 15) is 29.6 Å². The number of amides is 2. The molecule has 1 aromatic heterocycles. The fourth-order valence-electron chi connectivity index (χ4n) is 8.58. The molecule has 2 saturated heterocycles. The zero-order valence-corrected chi connectivity index (χ0v) is 38.1. The number of β-lactam (4-membered cyclic amide) rings is 1. The summed E-state index contributed by atoms with van der Waals surface area (Å²) >= 11 is 2.93. The molecule has 0 saturated carbocycles. The second kappa shape index (κ2) is 17.8. The number of nitrogens with zero attached hydrogens (tertiary/aromatic N) is 4. The van der Waals surface area contributed by atoms with Gasteiger partial charge in [-0.2, -0.15) is 0 Å². The zero-order chi connectivity index (χ0) is 43.8. The Labute approximate surface area is 365 Å². The molecule has 4 aromatic rings. The summed E-state index contributed by atoms with van der Waals surface area (Å²) in [7, 11) is -2.82. The number of carbonyl (C=O) groups is 3. The predicted octanol–water partition coefficient (Wildman–Crippen LogP) is 6.12. The summed E-state index contributed by atoms with van der Waals surface area (Å²) in [6.07, 6.45) is -0.876. The highest BCUT2D eigenvalue weighted by molar-refractivity contribution is 8.03. The van der Waals surface area contributed by atoms with E-state index >= 15 is 0 Å². The fourth-order valence-corrected chi connectivity index (χ4v) is 15.5. The van der Waals surface area contributed by atoms with Crippen molar-refractivity contribution in [2.24, 2.45) is 17.8 Å². The number of aromatic nitrogens is 1. The third kappa shape index (κ3) is 8.65. The number of ether oxygens (including phenoxy) is 1. The Hall–Kier alpha value is -4.87. The van der Waals surface area contributed by atoms with Gasteiger partial charge in [-0.15, -0.1) is 23.1 Å². The first kappa shape index (κ1) is 44.2. The Morgan fingerprint density at radius 1 is 1.02 bits per heavy atom. The maximum absolute atomic E-state index is 13.8. The van der Waals surface area contributed by atoms with Crippen LogP contribution in [0, 0.1) is 27.9 Å². The molecule has 0 radical (unpaired) electrons. The molecule has 3 aliphatic rings. The van der Waals surface area contributed by atoms with Gasteiger partial charge in [-0.25, -0.2) is 9.78 Å². The molecule has 322 valence electrons. The number of aliphatic hydroxyl groups excluding tert-OH is 1. The molecule has 2 fully saturated rings. The molecule has 7 rings (SSSR count). The second-order valence-electron chi connectivity index (χ2n) is 17.4. The topological polar surface area (TPSA) is 164 Å². The van der Waals surface area contributed by atoms with Crippen LogP contribution in [0.4, 0.5) is 10.8 Å². The average molecular weight is 884 g/mol. The molecule has 0 aliphatic carbocycles. The van der Waals surface area contributed by atoms with Crippen molar-refractivity contribution in [3.63, 3.8) is 0 Å². The largest absolute Gasteiger partial charge is 0.456 e. The Bertz CT molecular complexity index is 2240. The Morgan fingerprint density at radius 3 is 2.16 bits per heavy atom. The molecule has 2 amide bonds. The van der Waals surface area contributed by atoms with Crippen molar-refractivity contribution in [3.05, 3.63) is 122 Å². The fraction of sp³-hybridized carbons (Fsp3) is 0.422. The quantitative estimate of drug-likeness (QED) is 0.0439. The van der Waals surface area contributed by atoms with Crippen LogP contribution in [0.2, 0.25) is 5.04 Å². The summed E-state index contributed by atoms with van der Waals surface area (Å²) in [5.74, 6) is -1.98. The molecule has 0 bridgehead atoms. The summed E-state index contributed by atoms with van der Waals surface area (Å²) < 4.78 is 12.9. The van der Waals surface area contributed by atoms with E-state index in [1.807, 2.05) is 19.1 Å². The number of fused-ring (bicyclic) bond motifs is 1. The van der Waals surface area contributed by atoms with Gasteiger partial charge in [0.2, 0.25) is 5.91 Å². The number of nitro benzene ring substituents is 1. The lowest BCUT2D eigenvalue weighted by atomic mass is 9.79. The van der Waals surface area contributed by atoms with Crippen LogP contribution >= 0.6 is 23.1 Å². The summed E-state index contributed by atoms with van der Waals surface area (Å²) in [6, 6.07) is 26.0. The van der Waals surface area contributed by atoms with Gasteiger partial charge >= 0.3 is 5.97 Å². The number of hydrogen-bond acceptors (Lipinski definition) is 12. The molecule has 16 heteroatoms. The SMILES string of the molecule is CC(C)[C@@H](CO[Si](c1ccccc1)(c1ccccc1)C(C)(C)C)NC(=O)c1csc(N2CC(SC3=C(C(=O)OCc4ccc([N+](=O)[O-])cc4)N4C(=O)[C@H]([C@@H](C)O)[C@H]4[C@H]3C)C2)n1. The van der Waals surface area contributed by atoms with E-state index in [0.29, 0.717) is 31.0 Å². The van der Waals surface area contributed by atoms with Gasteiger partial charge in [-0.3, -0.25) is 19.7 Å². The Kier molecular flexibility index (Phi) is 12.9. The van der Waals surface area contributed by atoms with E-state index in [1.165, 1.54) is 62.6 Å². The monoisotopic (exact) mass is 883 g/mol. The van der Waals surface area contributed by atoms with Gasteiger partial charge in [0.25, 0.3) is 19.9 Å². The van der Waals surface area contributed by atoms with Gasteiger partial charge in [-0.05, 0) is 45.9 Å². The van der Waals surface area contributed by atoms with Gasteiger partial charge in [0.15, 0.2) is 5.13 Å². The number of non-ortho nitro benzene ring substituents is 1. The van der Waals surface area contributed by atoms with Crippen LogP contribution in [0.5, 0.6) is 0 Å². The number of thioether (sulfide) groups is 1. The maximum atomic E-state index is 13.8. The van der Waals surface area contributed by atoms with Crippen molar-refractivity contribution < 1.29 is 33.6 Å². The normalized spacial score (nSPS) is 20.2. The van der Waals surface area contributed by atoms with E-state index in [2.05, 4.69) is 93.4 Å². The van der Waals surface area contributed by atoms with Crippen molar-refractivity contribution in [3.8, 4) is 0 Å². The molecule has 3 aromatic carbocycles. The number of benzene rings is 3. The summed E-state index contributed by atoms with van der Waals surface area (Å²) in [5.41, 5.74) is 1.03. The van der Waals surface area contributed by atoms with E-state index in [1.54, 1.807) is 12.3 Å². The first-order chi connectivity index (χ1) is 29.0. The highest BCUT2D eigenvalue weighted by atomic mass is 32.2. The third-order valence-electron chi connectivity index (χ3n) is 12.0. The number of thiazole rings is 1. The highest BCUT2D eigenvalue weighted by Gasteiger charge is 2.60. The minimum absolute atomic E-state index is 0.0684. The van der Waals surface area contributed by atoms with E-state index in [4.69, 9.17) is 14.1 Å². The first-order valence-electron chi connectivity index (χ1n) is 20.6. The molecule has 61 heavy (non-hydrogen) atoms. The van der Waals surface area contributed by atoms with Crippen LogP contribution in [0.3, 0.4) is 0 Å².